The van der Waals surface area contributed by atoms with Gasteiger partial charge in [-0.15, -0.1) is 4.73 Å². The van der Waals surface area contributed by atoms with E-state index >= 15 is 0 Å². The maximum Gasteiger partial charge on any atom is 0.322 e. The molecule has 3 rings (SSSR count). The first kappa shape index (κ1) is 17.3. The van der Waals surface area contributed by atoms with Gasteiger partial charge in [-0.05, 0) is 30.9 Å². The fraction of sp³-hybridized carbons (Fsp3) is 0.294. The van der Waals surface area contributed by atoms with E-state index in [4.69, 9.17) is 16.5 Å². The molecular formula is C17H15N3O6. The van der Waals surface area contributed by atoms with Crippen molar-refractivity contribution >= 4 is 28.5 Å². The Bertz CT molecular complexity index is 1000. The molecule has 1 aliphatic carbocycles. The smallest absolute Gasteiger partial charge is 0.322 e. The fourth-order valence-electron chi connectivity index (χ4n) is 2.45. The third-order valence-electron chi connectivity index (χ3n) is 3.98. The van der Waals surface area contributed by atoms with Gasteiger partial charge in [-0.2, -0.15) is 0 Å². The Morgan fingerprint density at radius 2 is 2.12 bits per heavy atom. The van der Waals surface area contributed by atoms with Crippen molar-refractivity contribution in [2.45, 2.75) is 12.8 Å². The number of carbonyl (C=O) groups excluding carboxylic acids is 1. The molecule has 3 N–H and O–H groups in total. The zero-order chi connectivity index (χ0) is 18.8. The van der Waals surface area contributed by atoms with Gasteiger partial charge in [0.1, 0.15) is 24.5 Å². The van der Waals surface area contributed by atoms with E-state index in [-0.39, 0.29) is 23.2 Å². The van der Waals surface area contributed by atoms with Crippen LogP contribution < -0.4 is 15.7 Å². The highest BCUT2D eigenvalue weighted by Gasteiger charge is 2.26. The minimum atomic E-state index is -1.29. The number of hydrogen-bond acceptors (Lipinski definition) is 5. The quantitative estimate of drug-likeness (QED) is 0.661. The second kappa shape index (κ2) is 6.76. The van der Waals surface area contributed by atoms with E-state index in [9.17, 15) is 19.5 Å². The van der Waals surface area contributed by atoms with Crippen molar-refractivity contribution in [2.75, 3.05) is 13.2 Å². The summed E-state index contributed by atoms with van der Waals surface area (Å²) < 4.78 is 0.913. The van der Waals surface area contributed by atoms with Crippen molar-refractivity contribution in [1.82, 2.24) is 10.0 Å². The molecule has 0 aliphatic heterocycles. The lowest BCUT2D eigenvalue weighted by atomic mass is 10.1. The number of carbonyl (C=O) groups is 2. The van der Waals surface area contributed by atoms with Gasteiger partial charge in [-0.1, -0.05) is 6.07 Å². The number of amides is 1. The van der Waals surface area contributed by atoms with Gasteiger partial charge in [0.15, 0.2) is 5.69 Å². The van der Waals surface area contributed by atoms with Crippen molar-refractivity contribution in [1.29, 1.82) is 0 Å². The molecular weight excluding hydrogens is 342 g/mol. The van der Waals surface area contributed by atoms with Crippen molar-refractivity contribution in [3.05, 3.63) is 45.5 Å². The molecule has 134 valence electrons. The number of aliphatic carboxylic acids is 1. The summed E-state index contributed by atoms with van der Waals surface area (Å²) in [7, 11) is 0. The normalized spacial score (nSPS) is 13.2. The van der Waals surface area contributed by atoms with E-state index in [0.717, 1.165) is 17.6 Å². The molecule has 0 unspecified atom stereocenters. The van der Waals surface area contributed by atoms with Crippen LogP contribution in [-0.4, -0.2) is 40.0 Å². The molecule has 0 radical (unpaired) electrons. The first-order valence-electron chi connectivity index (χ1n) is 7.85. The number of carboxylic acids is 1. The van der Waals surface area contributed by atoms with Crippen LogP contribution in [0.2, 0.25) is 0 Å². The number of pyridine rings is 1. The standard InChI is InChI=1S/C17H15N3O6/c1-18-10-4-5-12-11(6-10)15(23)14(16(24)19-7-13(21)22)17(25)20(12)26-8-9-2-3-9/h4-6,9,23H,2-3,7-8H2,(H,19,24)(H,21,22). The number of hydrogen-bond donors (Lipinski definition) is 3. The Morgan fingerprint density at radius 1 is 1.38 bits per heavy atom. The molecule has 0 saturated heterocycles. The summed E-state index contributed by atoms with van der Waals surface area (Å²) in [6.45, 7) is 6.65. The molecule has 0 atom stereocenters. The van der Waals surface area contributed by atoms with Crippen LogP contribution in [0.1, 0.15) is 23.2 Å². The van der Waals surface area contributed by atoms with Crippen molar-refractivity contribution in [3.63, 3.8) is 0 Å². The Kier molecular flexibility index (Phi) is 4.49. The minimum absolute atomic E-state index is 0.0920. The summed E-state index contributed by atoms with van der Waals surface area (Å²) >= 11 is 0. The molecule has 1 aromatic carbocycles. The summed E-state index contributed by atoms with van der Waals surface area (Å²) in [4.78, 5) is 44.4. The Balaban J connectivity index is 2.15. The second-order valence-corrected chi connectivity index (χ2v) is 5.95. The van der Waals surface area contributed by atoms with Crippen molar-refractivity contribution in [3.8, 4) is 5.75 Å². The van der Waals surface area contributed by atoms with Crippen LogP contribution in [-0.2, 0) is 4.79 Å². The van der Waals surface area contributed by atoms with Crippen LogP contribution in [0.4, 0.5) is 5.69 Å². The van der Waals surface area contributed by atoms with Crippen LogP contribution in [0.25, 0.3) is 15.7 Å². The SMILES string of the molecule is [C-]#[N+]c1ccc2c(c1)c(O)c(C(=O)NCC(=O)O)c(=O)n2OCC1CC1. The first-order valence-corrected chi connectivity index (χ1v) is 7.85. The molecule has 0 spiro atoms. The van der Waals surface area contributed by atoms with Crippen LogP contribution in [0.15, 0.2) is 23.0 Å². The van der Waals surface area contributed by atoms with Gasteiger partial charge in [-0.3, -0.25) is 14.4 Å². The third kappa shape index (κ3) is 3.30. The third-order valence-corrected chi connectivity index (χ3v) is 3.98. The lowest BCUT2D eigenvalue weighted by Gasteiger charge is -2.15. The first-order chi connectivity index (χ1) is 12.4. The average molecular weight is 357 g/mol. The van der Waals surface area contributed by atoms with Crippen molar-refractivity contribution < 1.29 is 24.6 Å². The Hall–Kier alpha value is -3.54. The zero-order valence-corrected chi connectivity index (χ0v) is 13.6. The van der Waals surface area contributed by atoms with E-state index < -0.39 is 35.3 Å². The summed E-state index contributed by atoms with van der Waals surface area (Å²) in [5, 5.41) is 21.2. The van der Waals surface area contributed by atoms with Gasteiger partial charge in [0.25, 0.3) is 11.5 Å². The Labute approximate surface area is 147 Å². The second-order valence-electron chi connectivity index (χ2n) is 5.95. The molecule has 1 amide bonds. The lowest BCUT2D eigenvalue weighted by Crippen LogP contribution is -2.38. The van der Waals surface area contributed by atoms with Crippen LogP contribution in [0.5, 0.6) is 5.75 Å². The number of fused-ring (bicyclic) bond motifs is 1. The largest absolute Gasteiger partial charge is 0.506 e. The highest BCUT2D eigenvalue weighted by atomic mass is 16.7. The topological polar surface area (TPSA) is 122 Å². The minimum Gasteiger partial charge on any atom is -0.506 e. The number of nitrogens with zero attached hydrogens (tertiary/aromatic N) is 2. The molecule has 26 heavy (non-hydrogen) atoms. The van der Waals surface area contributed by atoms with Crippen LogP contribution >= 0.6 is 0 Å². The molecule has 1 heterocycles. The van der Waals surface area contributed by atoms with Gasteiger partial charge in [0.05, 0.1) is 12.1 Å². The van der Waals surface area contributed by atoms with E-state index in [1.165, 1.54) is 18.2 Å². The van der Waals surface area contributed by atoms with E-state index in [1.54, 1.807) is 0 Å². The lowest BCUT2D eigenvalue weighted by molar-refractivity contribution is -0.135. The van der Waals surface area contributed by atoms with Crippen LogP contribution in [0.3, 0.4) is 0 Å². The maximum atomic E-state index is 12.7. The number of nitrogens with one attached hydrogen (secondary N) is 1. The van der Waals surface area contributed by atoms with Gasteiger partial charge in [0.2, 0.25) is 0 Å². The number of carboxylic acid groups (broad SMARTS) is 1. The predicted molar refractivity (Wildman–Crippen MR) is 90.3 cm³/mol. The molecule has 9 heteroatoms. The highest BCUT2D eigenvalue weighted by Crippen LogP contribution is 2.31. The summed E-state index contributed by atoms with van der Waals surface area (Å²) in [5.74, 6) is -2.62. The highest BCUT2D eigenvalue weighted by molar-refractivity contribution is 6.03. The monoisotopic (exact) mass is 357 g/mol. The molecule has 9 nitrogen and oxygen atoms in total. The summed E-state index contributed by atoms with van der Waals surface area (Å²) in [5.41, 5.74) is -1.10. The number of rotatable bonds is 6. The van der Waals surface area contributed by atoms with Crippen molar-refractivity contribution in [2.24, 2.45) is 5.92 Å². The Morgan fingerprint density at radius 3 is 2.73 bits per heavy atom. The number of aromatic hydroxyl groups is 1. The average Bonchev–Trinajstić information content (AvgIpc) is 3.44. The van der Waals surface area contributed by atoms with Gasteiger partial charge >= 0.3 is 5.97 Å². The van der Waals surface area contributed by atoms with Gasteiger partial charge in [0, 0.05) is 5.39 Å². The van der Waals surface area contributed by atoms with E-state index in [0.29, 0.717) is 5.92 Å². The summed E-state index contributed by atoms with van der Waals surface area (Å²) in [6, 6.07) is 4.26. The summed E-state index contributed by atoms with van der Waals surface area (Å²) in [6.07, 6.45) is 1.97. The maximum absolute atomic E-state index is 12.7. The fourth-order valence-corrected chi connectivity index (χ4v) is 2.45. The molecule has 0 bridgehead atoms. The number of aromatic nitrogens is 1. The van der Waals surface area contributed by atoms with E-state index in [1.807, 2.05) is 5.32 Å². The molecule has 1 aromatic heterocycles. The van der Waals surface area contributed by atoms with E-state index in [2.05, 4.69) is 4.85 Å². The molecule has 2 aromatic rings. The van der Waals surface area contributed by atoms with Crippen LogP contribution in [0, 0.1) is 12.5 Å². The van der Waals surface area contributed by atoms with Gasteiger partial charge in [-0.25, -0.2) is 4.85 Å². The molecule has 1 aliphatic rings. The predicted octanol–water partition coefficient (Wildman–Crippen LogP) is 0.911. The molecule has 1 fully saturated rings. The van der Waals surface area contributed by atoms with Gasteiger partial charge < -0.3 is 20.4 Å². The molecule has 1 saturated carbocycles. The zero-order valence-electron chi connectivity index (χ0n) is 13.6. The number of benzene rings is 1.